The van der Waals surface area contributed by atoms with Gasteiger partial charge in [-0.05, 0) is 45.5 Å². The number of sulfonamides is 1. The lowest BCUT2D eigenvalue weighted by Gasteiger charge is -2.30. The van der Waals surface area contributed by atoms with E-state index in [-0.39, 0.29) is 10.9 Å². The van der Waals surface area contributed by atoms with Gasteiger partial charge in [-0.15, -0.1) is 0 Å². The molecule has 1 aromatic heterocycles. The molecule has 1 fully saturated rings. The summed E-state index contributed by atoms with van der Waals surface area (Å²) >= 11 is 0. The molecular formula is C13H22N4O2S. The summed E-state index contributed by atoms with van der Waals surface area (Å²) in [5.41, 5.74) is 0. The van der Waals surface area contributed by atoms with Crippen molar-refractivity contribution in [3.05, 3.63) is 18.3 Å². The Morgan fingerprint density at radius 2 is 2.30 bits per heavy atom. The van der Waals surface area contributed by atoms with Gasteiger partial charge in [0.1, 0.15) is 10.7 Å². The first-order chi connectivity index (χ1) is 9.53. The zero-order valence-electron chi connectivity index (χ0n) is 12.0. The van der Waals surface area contributed by atoms with Crippen LogP contribution in [0.15, 0.2) is 23.2 Å². The van der Waals surface area contributed by atoms with E-state index in [4.69, 9.17) is 0 Å². The summed E-state index contributed by atoms with van der Waals surface area (Å²) in [6.07, 6.45) is 3.47. The van der Waals surface area contributed by atoms with Crippen LogP contribution in [0.25, 0.3) is 0 Å². The quantitative estimate of drug-likeness (QED) is 0.844. The summed E-state index contributed by atoms with van der Waals surface area (Å²) < 4.78 is 27.8. The van der Waals surface area contributed by atoms with Crippen molar-refractivity contribution in [2.24, 2.45) is 0 Å². The summed E-state index contributed by atoms with van der Waals surface area (Å²) in [4.78, 5) is 6.46. The van der Waals surface area contributed by atoms with Gasteiger partial charge < -0.3 is 10.2 Å². The van der Waals surface area contributed by atoms with E-state index in [9.17, 15) is 8.42 Å². The monoisotopic (exact) mass is 298 g/mol. The van der Waals surface area contributed by atoms with Crippen molar-refractivity contribution in [1.82, 2.24) is 14.6 Å². The molecule has 20 heavy (non-hydrogen) atoms. The van der Waals surface area contributed by atoms with E-state index in [0.717, 1.165) is 25.9 Å². The highest BCUT2D eigenvalue weighted by atomic mass is 32.2. The molecule has 1 aliphatic rings. The van der Waals surface area contributed by atoms with Gasteiger partial charge in [0.15, 0.2) is 0 Å². The zero-order chi connectivity index (χ0) is 14.6. The molecule has 1 aromatic rings. The summed E-state index contributed by atoms with van der Waals surface area (Å²) in [6.45, 7) is 4.31. The number of rotatable bonds is 5. The Morgan fingerprint density at radius 3 is 3.00 bits per heavy atom. The third-order valence-corrected chi connectivity index (χ3v) is 4.90. The third-order valence-electron chi connectivity index (χ3n) is 3.35. The molecular weight excluding hydrogens is 276 g/mol. The molecule has 0 aliphatic carbocycles. The van der Waals surface area contributed by atoms with Crippen molar-refractivity contribution in [3.63, 3.8) is 0 Å². The van der Waals surface area contributed by atoms with Gasteiger partial charge in [0.2, 0.25) is 10.0 Å². The number of likely N-dealkylation sites (N-methyl/N-ethyl adjacent to an activating group) is 1. The minimum Gasteiger partial charge on any atom is -0.369 e. The topological polar surface area (TPSA) is 74.3 Å². The summed E-state index contributed by atoms with van der Waals surface area (Å²) in [7, 11) is -1.53. The largest absolute Gasteiger partial charge is 0.369 e. The minimum absolute atomic E-state index is 0.0339. The molecule has 112 valence electrons. The second-order valence-electron chi connectivity index (χ2n) is 5.10. The molecule has 0 spiro atoms. The Kier molecular flexibility index (Phi) is 4.95. The number of aromatic nitrogens is 1. The molecule has 6 nitrogen and oxygen atoms in total. The maximum atomic E-state index is 12.5. The average molecular weight is 298 g/mol. The molecule has 0 aromatic carbocycles. The van der Waals surface area contributed by atoms with Crippen molar-refractivity contribution in [2.45, 2.75) is 30.7 Å². The SMILES string of the molecule is CCNc1ncccc1S(=O)(=O)NC1CCCN(C)C1. The van der Waals surface area contributed by atoms with Crippen LogP contribution in [0.5, 0.6) is 0 Å². The van der Waals surface area contributed by atoms with Gasteiger partial charge in [-0.2, -0.15) is 0 Å². The maximum absolute atomic E-state index is 12.5. The predicted molar refractivity (Wildman–Crippen MR) is 79.2 cm³/mol. The van der Waals surface area contributed by atoms with Crippen LogP contribution in [0.2, 0.25) is 0 Å². The van der Waals surface area contributed by atoms with Crippen LogP contribution in [-0.2, 0) is 10.0 Å². The fraction of sp³-hybridized carbons (Fsp3) is 0.615. The smallest absolute Gasteiger partial charge is 0.244 e. The molecule has 2 rings (SSSR count). The van der Waals surface area contributed by atoms with Gasteiger partial charge in [-0.3, -0.25) is 0 Å². The van der Waals surface area contributed by atoms with Gasteiger partial charge in [-0.25, -0.2) is 18.1 Å². The van der Waals surface area contributed by atoms with Gasteiger partial charge >= 0.3 is 0 Å². The molecule has 1 unspecified atom stereocenters. The van der Waals surface area contributed by atoms with E-state index in [2.05, 4.69) is 19.9 Å². The van der Waals surface area contributed by atoms with Crippen molar-refractivity contribution < 1.29 is 8.42 Å². The summed E-state index contributed by atoms with van der Waals surface area (Å²) in [5.74, 6) is 0.409. The Labute approximate surface area is 120 Å². The molecule has 0 radical (unpaired) electrons. The highest BCUT2D eigenvalue weighted by molar-refractivity contribution is 7.89. The van der Waals surface area contributed by atoms with Crippen molar-refractivity contribution >= 4 is 15.8 Å². The van der Waals surface area contributed by atoms with Crippen LogP contribution in [-0.4, -0.2) is 51.0 Å². The number of pyridine rings is 1. The Bertz CT molecular complexity index is 547. The van der Waals surface area contributed by atoms with E-state index in [1.54, 1.807) is 18.3 Å². The van der Waals surface area contributed by atoms with Gasteiger partial charge in [0.25, 0.3) is 0 Å². The molecule has 1 atom stereocenters. The molecule has 1 aliphatic heterocycles. The number of nitrogens with zero attached hydrogens (tertiary/aromatic N) is 2. The van der Waals surface area contributed by atoms with Crippen LogP contribution >= 0.6 is 0 Å². The second-order valence-corrected chi connectivity index (χ2v) is 6.79. The minimum atomic E-state index is -3.54. The van der Waals surface area contributed by atoms with Crippen molar-refractivity contribution in [2.75, 3.05) is 32.0 Å². The lowest BCUT2D eigenvalue weighted by Crippen LogP contribution is -2.46. The Morgan fingerprint density at radius 1 is 1.50 bits per heavy atom. The fourth-order valence-corrected chi connectivity index (χ4v) is 3.85. The van der Waals surface area contributed by atoms with E-state index < -0.39 is 10.0 Å². The number of hydrogen-bond acceptors (Lipinski definition) is 5. The molecule has 0 bridgehead atoms. The molecule has 1 saturated heterocycles. The van der Waals surface area contributed by atoms with Crippen LogP contribution < -0.4 is 10.0 Å². The van der Waals surface area contributed by atoms with Crippen molar-refractivity contribution in [1.29, 1.82) is 0 Å². The first-order valence-electron chi connectivity index (χ1n) is 6.92. The summed E-state index contributed by atoms with van der Waals surface area (Å²) in [6, 6.07) is 3.19. The Hall–Kier alpha value is -1.18. The molecule has 2 heterocycles. The fourth-order valence-electron chi connectivity index (χ4n) is 2.45. The molecule has 7 heteroatoms. The second kappa shape index (κ2) is 6.51. The van der Waals surface area contributed by atoms with E-state index in [0.29, 0.717) is 12.4 Å². The third kappa shape index (κ3) is 3.68. The molecule has 0 amide bonds. The predicted octanol–water partition coefficient (Wildman–Crippen LogP) is 0.886. The standard InChI is InChI=1S/C13H22N4O2S/c1-3-14-13-12(7-4-8-15-13)20(18,19)16-11-6-5-9-17(2)10-11/h4,7-8,11,16H,3,5-6,9-10H2,1-2H3,(H,14,15). The zero-order valence-corrected chi connectivity index (χ0v) is 12.8. The first kappa shape index (κ1) is 15.2. The number of hydrogen-bond donors (Lipinski definition) is 2. The number of likely N-dealkylation sites (tertiary alicyclic amines) is 1. The highest BCUT2D eigenvalue weighted by Gasteiger charge is 2.25. The lowest BCUT2D eigenvalue weighted by molar-refractivity contribution is 0.242. The first-order valence-corrected chi connectivity index (χ1v) is 8.41. The van der Waals surface area contributed by atoms with Gasteiger partial charge in [-0.1, -0.05) is 0 Å². The summed E-state index contributed by atoms with van der Waals surface area (Å²) in [5, 5.41) is 2.99. The van der Waals surface area contributed by atoms with E-state index in [1.165, 1.54) is 0 Å². The highest BCUT2D eigenvalue weighted by Crippen LogP contribution is 2.19. The number of piperidine rings is 1. The average Bonchev–Trinajstić information content (AvgIpc) is 2.39. The lowest BCUT2D eigenvalue weighted by atomic mass is 10.1. The normalized spacial score (nSPS) is 20.8. The van der Waals surface area contributed by atoms with Gasteiger partial charge in [0.05, 0.1) is 0 Å². The van der Waals surface area contributed by atoms with Crippen LogP contribution in [0, 0.1) is 0 Å². The van der Waals surface area contributed by atoms with E-state index >= 15 is 0 Å². The number of anilines is 1. The number of nitrogens with one attached hydrogen (secondary N) is 2. The van der Waals surface area contributed by atoms with Crippen LogP contribution in [0.4, 0.5) is 5.82 Å². The molecule has 0 saturated carbocycles. The van der Waals surface area contributed by atoms with Crippen LogP contribution in [0.1, 0.15) is 19.8 Å². The van der Waals surface area contributed by atoms with E-state index in [1.807, 2.05) is 14.0 Å². The Balaban J connectivity index is 2.17. The molecule has 2 N–H and O–H groups in total. The van der Waals surface area contributed by atoms with Gasteiger partial charge in [0, 0.05) is 25.3 Å². The van der Waals surface area contributed by atoms with Crippen molar-refractivity contribution in [3.8, 4) is 0 Å². The van der Waals surface area contributed by atoms with Crippen LogP contribution in [0.3, 0.4) is 0 Å². The maximum Gasteiger partial charge on any atom is 0.244 e.